The number of methoxy groups -OCH3 is 1. The maximum Gasteiger partial charge on any atom is 0.310 e. The third-order valence-electron chi connectivity index (χ3n) is 2.34. The van der Waals surface area contributed by atoms with Gasteiger partial charge in [-0.2, -0.15) is 10.5 Å². The fraction of sp³-hybridized carbons (Fsp3) is 0.154. The molecule has 0 unspecified atom stereocenters. The summed E-state index contributed by atoms with van der Waals surface area (Å²) in [5.41, 5.74) is -0.688. The Bertz CT molecular complexity index is 626. The molecule has 0 atom stereocenters. The average Bonchev–Trinajstić information content (AvgIpc) is 2.46. The van der Waals surface area contributed by atoms with Crippen LogP contribution in [0.15, 0.2) is 23.9 Å². The highest BCUT2D eigenvalue weighted by molar-refractivity contribution is 5.72. The molecule has 0 heterocycles. The van der Waals surface area contributed by atoms with E-state index in [1.807, 2.05) is 0 Å². The smallest absolute Gasteiger partial charge is 0.310 e. The summed E-state index contributed by atoms with van der Waals surface area (Å²) >= 11 is 0. The molecule has 1 rings (SSSR count). The van der Waals surface area contributed by atoms with Crippen molar-refractivity contribution in [1.29, 1.82) is 10.5 Å². The first-order valence-electron chi connectivity index (χ1n) is 5.34. The lowest BCUT2D eigenvalue weighted by atomic mass is 10.1. The van der Waals surface area contributed by atoms with Crippen molar-refractivity contribution in [3.63, 3.8) is 0 Å². The Balaban J connectivity index is 3.01. The molecule has 102 valence electrons. The number of hydrogen-bond donors (Lipinski definition) is 1. The van der Waals surface area contributed by atoms with Crippen LogP contribution in [0.1, 0.15) is 5.56 Å². The molecule has 5 nitrogen and oxygen atoms in total. The lowest BCUT2D eigenvalue weighted by molar-refractivity contribution is -0.139. The maximum atomic E-state index is 13.7. The second kappa shape index (κ2) is 6.86. The van der Waals surface area contributed by atoms with E-state index in [9.17, 15) is 13.6 Å². The minimum absolute atomic E-state index is 0.148. The van der Waals surface area contributed by atoms with Crippen molar-refractivity contribution >= 4 is 11.7 Å². The molecule has 0 aromatic heterocycles. The average molecular weight is 277 g/mol. The van der Waals surface area contributed by atoms with E-state index in [1.54, 1.807) is 12.1 Å². The molecule has 0 bridgehead atoms. The molecule has 0 spiro atoms. The zero-order chi connectivity index (χ0) is 15.1. The van der Waals surface area contributed by atoms with Crippen LogP contribution < -0.4 is 5.32 Å². The molecule has 1 aromatic carbocycles. The predicted octanol–water partition coefficient (Wildman–Crippen LogP) is 2.02. The number of benzene rings is 1. The molecule has 0 saturated heterocycles. The van der Waals surface area contributed by atoms with Crippen LogP contribution in [0.2, 0.25) is 0 Å². The SMILES string of the molecule is COC(=O)Cc1ccc(NC=C(C#N)C#N)c(F)c1F. The van der Waals surface area contributed by atoms with Crippen molar-refractivity contribution in [2.45, 2.75) is 6.42 Å². The zero-order valence-electron chi connectivity index (χ0n) is 10.4. The van der Waals surface area contributed by atoms with Gasteiger partial charge < -0.3 is 10.1 Å². The van der Waals surface area contributed by atoms with Crippen molar-refractivity contribution in [1.82, 2.24) is 0 Å². The Hall–Kier alpha value is -2.93. The van der Waals surface area contributed by atoms with Crippen molar-refractivity contribution in [2.24, 2.45) is 0 Å². The number of rotatable bonds is 4. The Morgan fingerprint density at radius 1 is 1.35 bits per heavy atom. The number of carbonyl (C=O) groups excluding carboxylic acids is 1. The van der Waals surface area contributed by atoms with E-state index in [4.69, 9.17) is 10.5 Å². The molecular formula is C13H9F2N3O2. The highest BCUT2D eigenvalue weighted by atomic mass is 19.2. The van der Waals surface area contributed by atoms with Crippen molar-refractivity contribution in [3.05, 3.63) is 41.1 Å². The molecule has 1 aromatic rings. The summed E-state index contributed by atoms with van der Waals surface area (Å²) in [6.07, 6.45) is 0.564. The largest absolute Gasteiger partial charge is 0.469 e. The number of anilines is 1. The van der Waals surface area contributed by atoms with Gasteiger partial charge in [0.15, 0.2) is 11.6 Å². The summed E-state index contributed by atoms with van der Waals surface area (Å²) in [5, 5.41) is 19.3. The molecule has 20 heavy (non-hydrogen) atoms. The highest BCUT2D eigenvalue weighted by Gasteiger charge is 2.15. The lowest BCUT2D eigenvalue weighted by Crippen LogP contribution is -2.08. The number of nitrogens with zero attached hydrogens (tertiary/aromatic N) is 2. The van der Waals surface area contributed by atoms with Gasteiger partial charge in [-0.05, 0) is 6.07 Å². The second-order valence-electron chi connectivity index (χ2n) is 3.58. The first kappa shape index (κ1) is 15.1. The molecule has 0 amide bonds. The topological polar surface area (TPSA) is 85.9 Å². The number of nitrogens with one attached hydrogen (secondary N) is 1. The molecular weight excluding hydrogens is 268 g/mol. The standard InChI is InChI=1S/C13H9F2N3O2/c1-20-11(19)4-9-2-3-10(13(15)12(9)14)18-7-8(5-16)6-17/h2-3,7,18H,4H2,1H3. The first-order chi connectivity index (χ1) is 9.53. The zero-order valence-corrected chi connectivity index (χ0v) is 10.4. The van der Waals surface area contributed by atoms with Crippen LogP contribution in [0.3, 0.4) is 0 Å². The molecule has 0 saturated carbocycles. The van der Waals surface area contributed by atoms with Crippen LogP contribution >= 0.6 is 0 Å². The quantitative estimate of drug-likeness (QED) is 0.672. The van der Waals surface area contributed by atoms with Gasteiger partial charge in [-0.25, -0.2) is 8.78 Å². The number of ether oxygens (including phenoxy) is 1. The van der Waals surface area contributed by atoms with Gasteiger partial charge in [0.25, 0.3) is 0 Å². The third-order valence-corrected chi connectivity index (χ3v) is 2.34. The second-order valence-corrected chi connectivity index (χ2v) is 3.58. The number of carbonyl (C=O) groups is 1. The van der Waals surface area contributed by atoms with E-state index >= 15 is 0 Å². The highest BCUT2D eigenvalue weighted by Crippen LogP contribution is 2.21. The van der Waals surface area contributed by atoms with Crippen LogP contribution in [0.4, 0.5) is 14.5 Å². The van der Waals surface area contributed by atoms with Crippen LogP contribution in [-0.2, 0) is 16.0 Å². The van der Waals surface area contributed by atoms with E-state index in [0.29, 0.717) is 0 Å². The van der Waals surface area contributed by atoms with E-state index in [1.165, 1.54) is 12.1 Å². The van der Waals surface area contributed by atoms with Crippen LogP contribution in [0.25, 0.3) is 0 Å². The van der Waals surface area contributed by atoms with E-state index in [2.05, 4.69) is 10.1 Å². The Morgan fingerprint density at radius 3 is 2.55 bits per heavy atom. The lowest BCUT2D eigenvalue weighted by Gasteiger charge is -2.07. The van der Waals surface area contributed by atoms with Crippen LogP contribution in [-0.4, -0.2) is 13.1 Å². The minimum atomic E-state index is -1.21. The third kappa shape index (κ3) is 3.53. The van der Waals surface area contributed by atoms with Crippen molar-refractivity contribution < 1.29 is 18.3 Å². The fourth-order valence-electron chi connectivity index (χ4n) is 1.30. The summed E-state index contributed by atoms with van der Waals surface area (Å²) < 4.78 is 31.7. The monoisotopic (exact) mass is 277 g/mol. The number of allylic oxidation sites excluding steroid dienone is 1. The Labute approximate surface area is 113 Å². The van der Waals surface area contributed by atoms with E-state index in [-0.39, 0.29) is 16.8 Å². The van der Waals surface area contributed by atoms with Gasteiger partial charge in [0.2, 0.25) is 0 Å². The number of hydrogen-bond acceptors (Lipinski definition) is 5. The molecule has 7 heteroatoms. The molecule has 0 aliphatic heterocycles. The van der Waals surface area contributed by atoms with Gasteiger partial charge >= 0.3 is 5.97 Å². The molecule has 0 aliphatic carbocycles. The predicted molar refractivity (Wildman–Crippen MR) is 65.0 cm³/mol. The minimum Gasteiger partial charge on any atom is -0.469 e. The number of halogens is 2. The Morgan fingerprint density at radius 2 is 2.00 bits per heavy atom. The summed E-state index contributed by atoms with van der Waals surface area (Å²) in [6.45, 7) is 0. The van der Waals surface area contributed by atoms with Crippen LogP contribution in [0, 0.1) is 34.3 Å². The summed E-state index contributed by atoms with van der Waals surface area (Å²) in [5.74, 6) is -3.10. The first-order valence-corrected chi connectivity index (χ1v) is 5.34. The summed E-state index contributed by atoms with van der Waals surface area (Å²) in [6, 6.07) is 5.53. The van der Waals surface area contributed by atoms with E-state index in [0.717, 1.165) is 13.3 Å². The van der Waals surface area contributed by atoms with Crippen molar-refractivity contribution in [3.8, 4) is 12.1 Å². The maximum absolute atomic E-state index is 13.7. The van der Waals surface area contributed by atoms with Gasteiger partial charge in [-0.15, -0.1) is 0 Å². The van der Waals surface area contributed by atoms with Gasteiger partial charge in [0.05, 0.1) is 19.2 Å². The summed E-state index contributed by atoms with van der Waals surface area (Å²) in [7, 11) is 1.14. The molecule has 0 radical (unpaired) electrons. The Kier molecular flexibility index (Phi) is 5.19. The van der Waals surface area contributed by atoms with E-state index < -0.39 is 24.0 Å². The molecule has 1 N–H and O–H groups in total. The van der Waals surface area contributed by atoms with Crippen LogP contribution in [0.5, 0.6) is 0 Å². The van der Waals surface area contributed by atoms with Gasteiger partial charge in [0, 0.05) is 11.8 Å². The van der Waals surface area contributed by atoms with Gasteiger partial charge in [-0.3, -0.25) is 4.79 Å². The normalized spacial score (nSPS) is 9.05. The van der Waals surface area contributed by atoms with Gasteiger partial charge in [0.1, 0.15) is 17.7 Å². The molecule has 0 fully saturated rings. The number of nitriles is 2. The fourth-order valence-corrected chi connectivity index (χ4v) is 1.30. The van der Waals surface area contributed by atoms with Gasteiger partial charge in [-0.1, -0.05) is 6.07 Å². The number of esters is 1. The van der Waals surface area contributed by atoms with Crippen molar-refractivity contribution in [2.75, 3.05) is 12.4 Å². The molecule has 0 aliphatic rings. The summed E-state index contributed by atoms with van der Waals surface area (Å²) in [4.78, 5) is 11.0.